The number of halogens is 2. The van der Waals surface area contributed by atoms with E-state index in [1.807, 2.05) is 0 Å². The van der Waals surface area contributed by atoms with Gasteiger partial charge in [0.15, 0.2) is 0 Å². The molecule has 1 aliphatic heterocycles. The number of anilines is 1. The number of nitrogens with zero attached hydrogens (tertiary/aromatic N) is 1. The van der Waals surface area contributed by atoms with Crippen LogP contribution in [0.15, 0.2) is 24.3 Å². The van der Waals surface area contributed by atoms with Crippen molar-refractivity contribution < 1.29 is 14.4 Å². The zero-order chi connectivity index (χ0) is 16.1. The summed E-state index contributed by atoms with van der Waals surface area (Å²) in [7, 11) is 0. The van der Waals surface area contributed by atoms with E-state index in [9.17, 15) is 14.4 Å². The summed E-state index contributed by atoms with van der Waals surface area (Å²) in [6.45, 7) is 0.686. The Morgan fingerprint density at radius 2 is 2.09 bits per heavy atom. The molecule has 118 valence electrons. The van der Waals surface area contributed by atoms with Crippen molar-refractivity contribution in [2.75, 3.05) is 24.3 Å². The number of nitrogens with one attached hydrogen (secondary N) is 2. The van der Waals surface area contributed by atoms with E-state index < -0.39 is 11.9 Å². The normalized spacial score (nSPS) is 17.8. The first-order chi connectivity index (χ1) is 10.5. The van der Waals surface area contributed by atoms with Crippen LogP contribution in [0.2, 0.25) is 5.02 Å². The molecule has 0 radical (unpaired) electrons. The van der Waals surface area contributed by atoms with Crippen LogP contribution in [0.1, 0.15) is 6.42 Å². The van der Waals surface area contributed by atoms with Gasteiger partial charge in [-0.3, -0.25) is 14.4 Å². The quantitative estimate of drug-likeness (QED) is 0.807. The van der Waals surface area contributed by atoms with Gasteiger partial charge in [0.05, 0.1) is 17.1 Å². The first-order valence-electron chi connectivity index (χ1n) is 6.70. The SMILES string of the molecule is O=C(C[C@@H]1C(=O)NCCN1C(=O)CCl)Nc1ccccc1Cl. The van der Waals surface area contributed by atoms with Gasteiger partial charge < -0.3 is 15.5 Å². The lowest BCUT2D eigenvalue weighted by atomic mass is 10.1. The van der Waals surface area contributed by atoms with E-state index >= 15 is 0 Å². The lowest BCUT2D eigenvalue weighted by Gasteiger charge is -2.34. The monoisotopic (exact) mass is 343 g/mol. The molecule has 0 aromatic heterocycles. The van der Waals surface area contributed by atoms with E-state index in [1.54, 1.807) is 24.3 Å². The maximum absolute atomic E-state index is 12.1. The van der Waals surface area contributed by atoms with Gasteiger partial charge in [0.25, 0.3) is 0 Å². The minimum absolute atomic E-state index is 0.153. The molecule has 1 aliphatic rings. The number of hydrogen-bond acceptors (Lipinski definition) is 3. The molecule has 0 unspecified atom stereocenters. The number of carbonyl (C=O) groups is 3. The summed E-state index contributed by atoms with van der Waals surface area (Å²) < 4.78 is 0. The van der Waals surface area contributed by atoms with Crippen molar-refractivity contribution in [3.63, 3.8) is 0 Å². The highest BCUT2D eigenvalue weighted by molar-refractivity contribution is 6.33. The van der Waals surface area contributed by atoms with Crippen molar-refractivity contribution in [3.8, 4) is 0 Å². The molecule has 8 heteroatoms. The molecule has 1 fully saturated rings. The van der Waals surface area contributed by atoms with Crippen molar-refractivity contribution in [1.29, 1.82) is 0 Å². The van der Waals surface area contributed by atoms with Crippen molar-refractivity contribution in [3.05, 3.63) is 29.3 Å². The second-order valence-electron chi connectivity index (χ2n) is 4.76. The fourth-order valence-corrected chi connectivity index (χ4v) is 2.57. The fourth-order valence-electron chi connectivity index (χ4n) is 2.23. The molecule has 2 N–H and O–H groups in total. The van der Waals surface area contributed by atoms with Gasteiger partial charge in [0.1, 0.15) is 11.9 Å². The standard InChI is InChI=1S/C14H15Cl2N3O3/c15-8-13(21)19-6-5-17-14(22)11(19)7-12(20)18-10-4-2-1-3-9(10)16/h1-4,11H,5-8H2,(H,17,22)(H,18,20)/t11-/m1/s1. The Hall–Kier alpha value is -1.79. The van der Waals surface area contributed by atoms with Gasteiger partial charge in [-0.25, -0.2) is 0 Å². The van der Waals surface area contributed by atoms with Gasteiger partial charge in [-0.15, -0.1) is 11.6 Å². The number of hydrogen-bond donors (Lipinski definition) is 2. The molecule has 6 nitrogen and oxygen atoms in total. The highest BCUT2D eigenvalue weighted by Gasteiger charge is 2.34. The van der Waals surface area contributed by atoms with Crippen LogP contribution < -0.4 is 10.6 Å². The predicted octanol–water partition coefficient (Wildman–Crippen LogP) is 1.23. The maximum atomic E-state index is 12.1. The van der Waals surface area contributed by atoms with Crippen LogP contribution in [0.5, 0.6) is 0 Å². The van der Waals surface area contributed by atoms with Crippen molar-refractivity contribution >= 4 is 46.6 Å². The Bertz CT molecular complexity index is 594. The molecule has 0 bridgehead atoms. The molecule has 1 atom stereocenters. The van der Waals surface area contributed by atoms with Crippen molar-refractivity contribution in [2.24, 2.45) is 0 Å². The number of rotatable bonds is 4. The van der Waals surface area contributed by atoms with Crippen LogP contribution in [0.3, 0.4) is 0 Å². The molecule has 22 heavy (non-hydrogen) atoms. The topological polar surface area (TPSA) is 78.5 Å². The van der Waals surface area contributed by atoms with E-state index in [0.717, 1.165) is 0 Å². The molecule has 1 aromatic carbocycles. The van der Waals surface area contributed by atoms with Crippen molar-refractivity contribution in [1.82, 2.24) is 10.2 Å². The lowest BCUT2D eigenvalue weighted by molar-refractivity contribution is -0.143. The van der Waals surface area contributed by atoms with Gasteiger partial charge in [-0.1, -0.05) is 23.7 Å². The molecule has 3 amide bonds. The second kappa shape index (κ2) is 7.47. The number of para-hydroxylation sites is 1. The Morgan fingerprint density at radius 3 is 2.77 bits per heavy atom. The zero-order valence-electron chi connectivity index (χ0n) is 11.6. The molecular weight excluding hydrogens is 329 g/mol. The summed E-state index contributed by atoms with van der Waals surface area (Å²) in [5.41, 5.74) is 0.459. The third-order valence-corrected chi connectivity index (χ3v) is 3.85. The average Bonchev–Trinajstić information content (AvgIpc) is 2.51. The van der Waals surface area contributed by atoms with Gasteiger partial charge in [0, 0.05) is 13.1 Å². The minimum Gasteiger partial charge on any atom is -0.353 e. The summed E-state index contributed by atoms with van der Waals surface area (Å²) in [5, 5.41) is 5.67. The summed E-state index contributed by atoms with van der Waals surface area (Å²) in [4.78, 5) is 37.1. The number of benzene rings is 1. The van der Waals surface area contributed by atoms with E-state index in [4.69, 9.17) is 23.2 Å². The predicted molar refractivity (Wildman–Crippen MR) is 83.9 cm³/mol. The molecule has 2 rings (SSSR count). The number of alkyl halides is 1. The number of amides is 3. The summed E-state index contributed by atoms with van der Waals surface area (Å²) in [6.07, 6.45) is -0.153. The molecule has 1 aromatic rings. The maximum Gasteiger partial charge on any atom is 0.243 e. The van der Waals surface area contributed by atoms with Crippen LogP contribution in [0.4, 0.5) is 5.69 Å². The Labute approximate surface area is 137 Å². The Morgan fingerprint density at radius 1 is 1.36 bits per heavy atom. The van der Waals surface area contributed by atoms with Crippen LogP contribution in [-0.4, -0.2) is 47.6 Å². The summed E-state index contributed by atoms with van der Waals surface area (Å²) >= 11 is 11.5. The molecule has 0 saturated carbocycles. The zero-order valence-corrected chi connectivity index (χ0v) is 13.2. The summed E-state index contributed by atoms with van der Waals surface area (Å²) in [5.74, 6) is -1.36. The molecule has 0 spiro atoms. The summed E-state index contributed by atoms with van der Waals surface area (Å²) in [6, 6.07) is 5.92. The number of carbonyl (C=O) groups excluding carboxylic acids is 3. The molecule has 1 heterocycles. The van der Waals surface area contributed by atoms with Crippen LogP contribution in [0.25, 0.3) is 0 Å². The molecule has 1 saturated heterocycles. The highest BCUT2D eigenvalue weighted by atomic mass is 35.5. The van der Waals surface area contributed by atoms with Crippen LogP contribution >= 0.6 is 23.2 Å². The lowest BCUT2D eigenvalue weighted by Crippen LogP contribution is -2.58. The third-order valence-electron chi connectivity index (χ3n) is 3.29. The van der Waals surface area contributed by atoms with E-state index in [2.05, 4.69) is 10.6 Å². The highest BCUT2D eigenvalue weighted by Crippen LogP contribution is 2.21. The fraction of sp³-hybridized carbons (Fsp3) is 0.357. The smallest absolute Gasteiger partial charge is 0.243 e. The van der Waals surface area contributed by atoms with Gasteiger partial charge in [-0.05, 0) is 12.1 Å². The first kappa shape index (κ1) is 16.6. The average molecular weight is 344 g/mol. The van der Waals surface area contributed by atoms with Gasteiger partial charge in [-0.2, -0.15) is 0 Å². The third kappa shape index (κ3) is 3.90. The largest absolute Gasteiger partial charge is 0.353 e. The number of piperazine rings is 1. The minimum atomic E-state index is -0.859. The second-order valence-corrected chi connectivity index (χ2v) is 5.43. The van der Waals surface area contributed by atoms with Crippen LogP contribution in [-0.2, 0) is 14.4 Å². The van der Waals surface area contributed by atoms with Crippen molar-refractivity contribution in [2.45, 2.75) is 12.5 Å². The Kier molecular flexibility index (Phi) is 5.63. The van der Waals surface area contributed by atoms with Crippen LogP contribution in [0, 0.1) is 0 Å². The molecular formula is C14H15Cl2N3O3. The van der Waals surface area contributed by atoms with Gasteiger partial charge >= 0.3 is 0 Å². The Balaban J connectivity index is 2.06. The van der Waals surface area contributed by atoms with Gasteiger partial charge in [0.2, 0.25) is 17.7 Å². The van der Waals surface area contributed by atoms with E-state index in [0.29, 0.717) is 23.8 Å². The van der Waals surface area contributed by atoms with E-state index in [1.165, 1.54) is 4.90 Å². The first-order valence-corrected chi connectivity index (χ1v) is 7.61. The van der Waals surface area contributed by atoms with E-state index in [-0.39, 0.29) is 24.1 Å². The molecule has 0 aliphatic carbocycles.